The van der Waals surface area contributed by atoms with Crippen LogP contribution < -0.4 is 5.32 Å². The van der Waals surface area contributed by atoms with Gasteiger partial charge in [0, 0.05) is 37.8 Å². The predicted octanol–water partition coefficient (Wildman–Crippen LogP) is 4.28. The molecule has 6 nitrogen and oxygen atoms in total. The summed E-state index contributed by atoms with van der Waals surface area (Å²) in [5, 5.41) is 8.79. The van der Waals surface area contributed by atoms with Gasteiger partial charge in [-0.2, -0.15) is 5.10 Å². The monoisotopic (exact) mass is 463 g/mol. The molecule has 1 unspecified atom stereocenters. The Hall–Kier alpha value is -2.15. The molecule has 0 bridgehead atoms. The molecule has 168 valence electrons. The van der Waals surface area contributed by atoms with E-state index in [0.717, 1.165) is 37.1 Å². The van der Waals surface area contributed by atoms with Crippen LogP contribution in [0.5, 0.6) is 0 Å². The number of carbonyl (C=O) groups excluding carboxylic acids is 1. The molecule has 8 heteroatoms. The Kier molecular flexibility index (Phi) is 8.86. The molecule has 0 radical (unpaired) electrons. The Morgan fingerprint density at radius 1 is 1.19 bits per heavy atom. The minimum Gasteiger partial charge on any atom is -0.329 e. The molecule has 1 aliphatic rings. The molecular weight excluding hydrogens is 433 g/mol. The number of amides is 1. The minimum absolute atomic E-state index is 0. The third kappa shape index (κ3) is 5.37. The third-order valence-corrected chi connectivity index (χ3v) is 5.54. The van der Waals surface area contributed by atoms with Crippen molar-refractivity contribution >= 4 is 41.8 Å². The molecule has 0 aliphatic carbocycles. The van der Waals surface area contributed by atoms with Gasteiger partial charge in [-0.25, -0.2) is 9.67 Å². The van der Waals surface area contributed by atoms with Crippen LogP contribution in [0.3, 0.4) is 0 Å². The minimum atomic E-state index is 0. The molecule has 1 fully saturated rings. The Balaban J connectivity index is 0.00000171. The maximum Gasteiger partial charge on any atom is 0.256 e. The van der Waals surface area contributed by atoms with Crippen molar-refractivity contribution in [1.82, 2.24) is 25.0 Å². The Bertz CT molecular complexity index is 1000. The Morgan fingerprint density at radius 3 is 2.61 bits per heavy atom. The summed E-state index contributed by atoms with van der Waals surface area (Å²) >= 11 is 0. The first-order chi connectivity index (χ1) is 14.1. The molecule has 1 aromatic carbocycles. The highest BCUT2D eigenvalue weighted by Gasteiger charge is 2.29. The average Bonchev–Trinajstić information content (AvgIpc) is 3.14. The van der Waals surface area contributed by atoms with Crippen molar-refractivity contribution in [2.75, 3.05) is 19.6 Å². The maximum absolute atomic E-state index is 13.4. The lowest BCUT2D eigenvalue weighted by molar-refractivity contribution is 0.0634. The number of halogens is 2. The maximum atomic E-state index is 13.4. The molecule has 0 saturated carbocycles. The number of pyridine rings is 1. The van der Waals surface area contributed by atoms with Gasteiger partial charge in [-0.15, -0.1) is 24.8 Å². The molecule has 1 atom stereocenters. The number of nitrogens with one attached hydrogen (secondary N) is 1. The van der Waals surface area contributed by atoms with Gasteiger partial charge in [-0.1, -0.05) is 45.0 Å². The van der Waals surface area contributed by atoms with Crippen LogP contribution in [-0.2, 0) is 13.0 Å². The number of piperazine rings is 1. The number of aryl methyl sites for hydroxylation is 1. The van der Waals surface area contributed by atoms with Gasteiger partial charge in [0.25, 0.3) is 5.91 Å². The largest absolute Gasteiger partial charge is 0.329 e. The molecule has 31 heavy (non-hydrogen) atoms. The second kappa shape index (κ2) is 10.9. The summed E-state index contributed by atoms with van der Waals surface area (Å²) in [6, 6.07) is 10.6. The van der Waals surface area contributed by atoms with Crippen molar-refractivity contribution in [1.29, 1.82) is 0 Å². The molecule has 3 heterocycles. The number of fused-ring (bicyclic) bond motifs is 1. The van der Waals surface area contributed by atoms with Gasteiger partial charge < -0.3 is 10.2 Å². The van der Waals surface area contributed by atoms with Crippen molar-refractivity contribution in [2.45, 2.75) is 39.8 Å². The van der Waals surface area contributed by atoms with Gasteiger partial charge in [-0.3, -0.25) is 4.79 Å². The van der Waals surface area contributed by atoms with Crippen LogP contribution in [0.1, 0.15) is 48.3 Å². The van der Waals surface area contributed by atoms with Crippen LogP contribution in [0.25, 0.3) is 11.0 Å². The summed E-state index contributed by atoms with van der Waals surface area (Å²) in [6.07, 6.45) is 4.52. The zero-order valence-corrected chi connectivity index (χ0v) is 19.9. The Labute approximate surface area is 196 Å². The van der Waals surface area contributed by atoms with Crippen molar-refractivity contribution in [3.05, 3.63) is 59.4 Å². The van der Waals surface area contributed by atoms with Crippen molar-refractivity contribution in [3.63, 3.8) is 0 Å². The van der Waals surface area contributed by atoms with E-state index in [4.69, 9.17) is 0 Å². The number of benzene rings is 1. The standard InChI is InChI=1S/C23H29N5O.2ClH/c1-4-17-5-7-18(8-6-17)21-14-24-9-10-27(21)23(29)20-11-19-13-26-28(15-16(2)3)22(19)25-12-20;;/h5-8,11-13,16,21,24H,4,9-10,14-15H2,1-3H3;2*1H. The second-order valence-corrected chi connectivity index (χ2v) is 8.17. The second-order valence-electron chi connectivity index (χ2n) is 8.17. The first-order valence-corrected chi connectivity index (χ1v) is 10.5. The number of hydrogen-bond acceptors (Lipinski definition) is 4. The van der Waals surface area contributed by atoms with Gasteiger partial charge in [0.15, 0.2) is 5.65 Å². The molecule has 2 aromatic heterocycles. The highest BCUT2D eigenvalue weighted by molar-refractivity contribution is 5.97. The number of hydrogen-bond donors (Lipinski definition) is 1. The van der Waals surface area contributed by atoms with Gasteiger partial charge >= 0.3 is 0 Å². The Morgan fingerprint density at radius 2 is 1.94 bits per heavy atom. The van der Waals surface area contributed by atoms with E-state index in [2.05, 4.69) is 60.4 Å². The third-order valence-electron chi connectivity index (χ3n) is 5.54. The number of carbonyl (C=O) groups is 1. The van der Waals surface area contributed by atoms with Crippen LogP contribution in [0, 0.1) is 5.92 Å². The lowest BCUT2D eigenvalue weighted by atomic mass is 10.00. The van der Waals surface area contributed by atoms with E-state index in [0.29, 0.717) is 18.0 Å². The molecule has 3 aromatic rings. The van der Waals surface area contributed by atoms with Gasteiger partial charge in [0.1, 0.15) is 0 Å². The van der Waals surface area contributed by atoms with E-state index >= 15 is 0 Å². The summed E-state index contributed by atoms with van der Waals surface area (Å²) in [5.41, 5.74) is 3.94. The smallest absolute Gasteiger partial charge is 0.256 e. The quantitative estimate of drug-likeness (QED) is 0.612. The highest BCUT2D eigenvalue weighted by Crippen LogP contribution is 2.25. The number of nitrogens with zero attached hydrogens (tertiary/aromatic N) is 4. The fourth-order valence-electron chi connectivity index (χ4n) is 3.95. The number of rotatable bonds is 5. The topological polar surface area (TPSA) is 63.1 Å². The predicted molar refractivity (Wildman–Crippen MR) is 129 cm³/mol. The molecular formula is C23H31Cl2N5O. The van der Waals surface area contributed by atoms with E-state index in [9.17, 15) is 4.79 Å². The van der Waals surface area contributed by atoms with Crippen molar-refractivity contribution < 1.29 is 4.79 Å². The summed E-state index contributed by atoms with van der Waals surface area (Å²) in [6.45, 7) is 9.53. The average molecular weight is 464 g/mol. The first kappa shape index (κ1) is 25.1. The van der Waals surface area contributed by atoms with Gasteiger partial charge in [0.05, 0.1) is 17.8 Å². The summed E-state index contributed by atoms with van der Waals surface area (Å²) in [5.74, 6) is 0.518. The van der Waals surface area contributed by atoms with Crippen LogP contribution in [0.4, 0.5) is 0 Å². The van der Waals surface area contributed by atoms with Crippen LogP contribution >= 0.6 is 24.8 Å². The first-order valence-electron chi connectivity index (χ1n) is 10.5. The van der Waals surface area contributed by atoms with E-state index in [-0.39, 0.29) is 36.8 Å². The normalized spacial score (nSPS) is 16.1. The number of aromatic nitrogens is 3. The van der Waals surface area contributed by atoms with Gasteiger partial charge in [0.2, 0.25) is 0 Å². The van der Waals surface area contributed by atoms with E-state index < -0.39 is 0 Å². The van der Waals surface area contributed by atoms with Crippen LogP contribution in [0.15, 0.2) is 42.7 Å². The lowest BCUT2D eigenvalue weighted by Gasteiger charge is -2.36. The molecule has 1 amide bonds. The highest BCUT2D eigenvalue weighted by atomic mass is 35.5. The summed E-state index contributed by atoms with van der Waals surface area (Å²) in [4.78, 5) is 19.9. The van der Waals surface area contributed by atoms with E-state index in [1.165, 1.54) is 11.1 Å². The molecule has 1 N–H and O–H groups in total. The van der Waals surface area contributed by atoms with Crippen LogP contribution in [-0.4, -0.2) is 45.2 Å². The zero-order chi connectivity index (χ0) is 20.4. The van der Waals surface area contributed by atoms with Crippen molar-refractivity contribution in [3.8, 4) is 0 Å². The summed E-state index contributed by atoms with van der Waals surface area (Å²) < 4.78 is 1.91. The molecule has 1 aliphatic heterocycles. The van der Waals surface area contributed by atoms with E-state index in [1.807, 2.05) is 15.6 Å². The van der Waals surface area contributed by atoms with Crippen LogP contribution in [0.2, 0.25) is 0 Å². The fourth-order valence-corrected chi connectivity index (χ4v) is 3.95. The molecule has 0 spiro atoms. The van der Waals surface area contributed by atoms with Crippen molar-refractivity contribution in [2.24, 2.45) is 5.92 Å². The molecule has 4 rings (SSSR count). The fraction of sp³-hybridized carbons (Fsp3) is 0.435. The van der Waals surface area contributed by atoms with E-state index in [1.54, 1.807) is 12.4 Å². The summed E-state index contributed by atoms with van der Waals surface area (Å²) in [7, 11) is 0. The lowest BCUT2D eigenvalue weighted by Crippen LogP contribution is -2.48. The molecule has 1 saturated heterocycles. The SMILES string of the molecule is CCc1ccc(C2CNCCN2C(=O)c2cnc3c(cnn3CC(C)C)c2)cc1.Cl.Cl. The zero-order valence-electron chi connectivity index (χ0n) is 18.2. The van der Waals surface area contributed by atoms with Gasteiger partial charge in [-0.05, 0) is 29.5 Å².